The van der Waals surface area contributed by atoms with Gasteiger partial charge in [-0.25, -0.2) is 0 Å². The molecule has 105 valence electrons. The van der Waals surface area contributed by atoms with Crippen LogP contribution in [0.25, 0.3) is 0 Å². The molecule has 0 aliphatic heterocycles. The quantitative estimate of drug-likeness (QED) is 0.635. The van der Waals surface area contributed by atoms with Crippen LogP contribution >= 0.6 is 20.2 Å². The molecule has 0 aliphatic rings. The summed E-state index contributed by atoms with van der Waals surface area (Å²) in [6, 6.07) is 11.4. The third-order valence-electron chi connectivity index (χ3n) is 3.06. The van der Waals surface area contributed by atoms with E-state index in [9.17, 15) is 4.79 Å². The zero-order valence-corrected chi connectivity index (χ0v) is 14.4. The number of carbonyl (C=O) groups excluding carboxylic acids is 1. The van der Waals surface area contributed by atoms with Gasteiger partial charge in [-0.15, -0.1) is 0 Å². The number of hydrogen-bond donors (Lipinski definition) is 0. The smallest absolute Gasteiger partial charge is 0.190 e. The van der Waals surface area contributed by atoms with Gasteiger partial charge in [0.2, 0.25) is 0 Å². The van der Waals surface area contributed by atoms with E-state index in [1.54, 1.807) is 25.3 Å². The Hall–Kier alpha value is -0.773. The summed E-state index contributed by atoms with van der Waals surface area (Å²) in [7, 11) is 1.59. The summed E-state index contributed by atoms with van der Waals surface area (Å²) in [5.74, 6) is 0.528. The maximum atomic E-state index is 12.5. The van der Waals surface area contributed by atoms with Crippen molar-refractivity contribution in [2.45, 2.75) is 13.8 Å². The molecule has 1 unspecified atom stereocenters. The first-order valence-corrected chi connectivity index (χ1v) is 7.62. The van der Waals surface area contributed by atoms with Crippen molar-refractivity contribution in [1.82, 2.24) is 0 Å². The summed E-state index contributed by atoms with van der Waals surface area (Å²) in [4.78, 5) is 12.5. The number of aryl methyl sites for hydroxylation is 2. The van der Waals surface area contributed by atoms with Crippen LogP contribution in [0.4, 0.5) is 0 Å². The fraction of sp³-hybridized carbons (Fsp3) is 0.188. The van der Waals surface area contributed by atoms with Crippen molar-refractivity contribution < 1.29 is 9.53 Å². The van der Waals surface area contributed by atoms with Crippen molar-refractivity contribution in [3.8, 4) is 5.75 Å². The van der Waals surface area contributed by atoms with E-state index in [0.29, 0.717) is 16.3 Å². The molecule has 5 heteroatoms. The molecule has 0 fully saturated rings. The molecule has 1 radical (unpaired) electrons. The predicted octanol–water partition coefficient (Wildman–Crippen LogP) is 3.73. The normalized spacial score (nSPS) is 10.5. The van der Waals surface area contributed by atoms with E-state index < -0.39 is 0 Å². The van der Waals surface area contributed by atoms with Gasteiger partial charge in [0.25, 0.3) is 0 Å². The Morgan fingerprint density at radius 3 is 2.57 bits per heavy atom. The van der Waals surface area contributed by atoms with Crippen molar-refractivity contribution in [2.24, 2.45) is 0 Å². The van der Waals surface area contributed by atoms with Crippen LogP contribution in [0.2, 0.25) is 5.02 Å². The van der Waals surface area contributed by atoms with Gasteiger partial charge in [0.15, 0.2) is 5.52 Å². The van der Waals surface area contributed by atoms with Crippen LogP contribution in [0.5, 0.6) is 5.75 Å². The molecule has 0 spiro atoms. The van der Waals surface area contributed by atoms with Crippen molar-refractivity contribution >= 4 is 49.9 Å². The van der Waals surface area contributed by atoms with Gasteiger partial charge in [-0.05, 0) is 45.4 Å². The van der Waals surface area contributed by atoms with Crippen LogP contribution in [0.15, 0.2) is 36.4 Å². The van der Waals surface area contributed by atoms with Crippen LogP contribution in [-0.4, -0.2) is 31.5 Å². The van der Waals surface area contributed by atoms with Gasteiger partial charge in [0, 0.05) is 18.9 Å². The first-order valence-electron chi connectivity index (χ1n) is 6.24. The van der Waals surface area contributed by atoms with Gasteiger partial charge in [0.1, 0.15) is 5.75 Å². The molecule has 0 aliphatic carbocycles. The summed E-state index contributed by atoms with van der Waals surface area (Å²) in [5, 5.41) is 1.49. The molecule has 0 aromatic heterocycles. The first kappa shape index (κ1) is 18.3. The average Bonchev–Trinajstić information content (AvgIpc) is 2.42. The van der Waals surface area contributed by atoms with Crippen LogP contribution in [0.3, 0.4) is 0 Å². The molecule has 0 saturated heterocycles. The fourth-order valence-electron chi connectivity index (χ4n) is 1.95. The van der Waals surface area contributed by atoms with Crippen LogP contribution in [0.1, 0.15) is 21.5 Å². The standard InChI is InChI=1S/C16H16ClO2P.Li/c1-10-7-8-11(2)14(9-10)20-16(18)15-12(17)5-4-6-13(15)19-3;/h4-9,20H,1-3H3;. The molecule has 0 N–H and O–H groups in total. The Morgan fingerprint density at radius 2 is 1.90 bits per heavy atom. The number of methoxy groups -OCH3 is 1. The van der Waals surface area contributed by atoms with Gasteiger partial charge >= 0.3 is 0 Å². The molecule has 21 heavy (non-hydrogen) atoms. The molecule has 0 saturated carbocycles. The molecule has 0 heterocycles. The number of halogens is 1. The van der Waals surface area contributed by atoms with E-state index in [1.807, 2.05) is 26.0 Å². The van der Waals surface area contributed by atoms with Crippen LogP contribution < -0.4 is 10.0 Å². The van der Waals surface area contributed by atoms with Crippen molar-refractivity contribution in [3.05, 3.63) is 58.1 Å². The largest absolute Gasteiger partial charge is 0.496 e. The second-order valence-electron chi connectivity index (χ2n) is 4.59. The second kappa shape index (κ2) is 8.02. The first-order chi connectivity index (χ1) is 9.52. The molecular weight excluding hydrogens is 298 g/mol. The SMILES string of the molecule is COc1cccc(Cl)c1C(=O)Pc1cc(C)ccc1C.[Li]. The molecule has 0 bridgehead atoms. The molecular formula is C16H16ClLiO2P. The Morgan fingerprint density at radius 1 is 1.19 bits per heavy atom. The Bertz CT molecular complexity index is 659. The predicted molar refractivity (Wildman–Crippen MR) is 92.0 cm³/mol. The zero-order chi connectivity index (χ0) is 14.7. The average molecular weight is 314 g/mol. The van der Waals surface area contributed by atoms with E-state index in [-0.39, 0.29) is 33.0 Å². The molecule has 0 amide bonds. The van der Waals surface area contributed by atoms with E-state index in [4.69, 9.17) is 16.3 Å². The van der Waals surface area contributed by atoms with Gasteiger partial charge < -0.3 is 4.74 Å². The second-order valence-corrected chi connectivity index (χ2v) is 6.24. The van der Waals surface area contributed by atoms with Crippen molar-refractivity contribution in [2.75, 3.05) is 7.11 Å². The van der Waals surface area contributed by atoms with Crippen LogP contribution in [0, 0.1) is 13.8 Å². The minimum absolute atomic E-state index is 0. The van der Waals surface area contributed by atoms with Crippen molar-refractivity contribution in [3.63, 3.8) is 0 Å². The zero-order valence-electron chi connectivity index (χ0n) is 12.7. The van der Waals surface area contributed by atoms with Gasteiger partial charge in [0.05, 0.1) is 17.7 Å². The van der Waals surface area contributed by atoms with E-state index in [2.05, 4.69) is 6.07 Å². The van der Waals surface area contributed by atoms with E-state index in [1.165, 1.54) is 0 Å². The molecule has 2 aromatic rings. The molecule has 2 aromatic carbocycles. The fourth-order valence-corrected chi connectivity index (χ4v) is 3.49. The molecule has 2 nitrogen and oxygen atoms in total. The number of carbonyl (C=O) groups is 1. The summed E-state index contributed by atoms with van der Waals surface area (Å²) < 4.78 is 5.24. The Kier molecular flexibility index (Phi) is 6.98. The van der Waals surface area contributed by atoms with E-state index in [0.717, 1.165) is 16.4 Å². The van der Waals surface area contributed by atoms with Crippen molar-refractivity contribution in [1.29, 1.82) is 0 Å². The molecule has 1 atom stereocenters. The minimum atomic E-state index is 0. The Balaban J connectivity index is 0.00000220. The maximum Gasteiger partial charge on any atom is 0.190 e. The Labute approximate surface area is 144 Å². The minimum Gasteiger partial charge on any atom is -0.496 e. The third kappa shape index (κ3) is 4.35. The maximum absolute atomic E-state index is 12.5. The number of hydrogen-bond acceptors (Lipinski definition) is 2. The van der Waals surface area contributed by atoms with Gasteiger partial charge in [-0.2, -0.15) is 0 Å². The molecule has 2 rings (SSSR count). The van der Waals surface area contributed by atoms with E-state index >= 15 is 0 Å². The van der Waals surface area contributed by atoms with Gasteiger partial charge in [-0.3, -0.25) is 4.79 Å². The third-order valence-corrected chi connectivity index (χ3v) is 4.66. The number of benzene rings is 2. The topological polar surface area (TPSA) is 26.3 Å². The number of rotatable bonds is 4. The summed E-state index contributed by atoms with van der Waals surface area (Å²) in [5.41, 5.74) is 2.74. The summed E-state index contributed by atoms with van der Waals surface area (Å²) in [6.45, 7) is 4.03. The number of ether oxygens (including phenoxy) is 1. The summed E-state index contributed by atoms with van der Waals surface area (Å²) >= 11 is 6.14. The monoisotopic (exact) mass is 313 g/mol. The van der Waals surface area contributed by atoms with Gasteiger partial charge in [-0.1, -0.05) is 41.4 Å². The van der Waals surface area contributed by atoms with Crippen LogP contribution in [-0.2, 0) is 0 Å². The summed E-state index contributed by atoms with van der Waals surface area (Å²) in [6.07, 6.45) is 0.